The van der Waals surface area contributed by atoms with E-state index in [1.54, 1.807) is 0 Å². The maximum atomic E-state index is 12.2. The number of rotatable bonds is 5. The van der Waals surface area contributed by atoms with Crippen LogP contribution in [-0.2, 0) is 14.3 Å². The van der Waals surface area contributed by atoms with Crippen LogP contribution in [0, 0.1) is 12.3 Å². The number of carbonyl (C=O) groups excluding carboxylic acids is 1. The number of nitrogens with zero attached hydrogens (tertiary/aromatic N) is 2. The van der Waals surface area contributed by atoms with Crippen LogP contribution >= 0.6 is 0 Å². The third-order valence-electron chi connectivity index (χ3n) is 5.91. The molecule has 0 aliphatic carbocycles. The zero-order chi connectivity index (χ0) is 19.9. The summed E-state index contributed by atoms with van der Waals surface area (Å²) in [5.74, 6) is 0.0239. The minimum Gasteiger partial charge on any atom is -0.483 e. The molecular weight excluding hydrogens is 344 g/mol. The van der Waals surface area contributed by atoms with Gasteiger partial charge in [0.05, 0.1) is 5.41 Å². The van der Waals surface area contributed by atoms with E-state index in [-0.39, 0.29) is 24.0 Å². The number of cyclic esters (lactones) is 1. The van der Waals surface area contributed by atoms with Gasteiger partial charge < -0.3 is 14.7 Å². The molecule has 6 heteroatoms. The highest BCUT2D eigenvalue weighted by Gasteiger charge is 2.46. The third-order valence-corrected chi connectivity index (χ3v) is 5.91. The van der Waals surface area contributed by atoms with E-state index in [2.05, 4.69) is 54.8 Å². The molecule has 0 aromatic heterocycles. The van der Waals surface area contributed by atoms with Crippen LogP contribution in [0.15, 0.2) is 24.3 Å². The Morgan fingerprint density at radius 1 is 1.15 bits per heavy atom. The van der Waals surface area contributed by atoms with Crippen LogP contribution in [0.5, 0.6) is 0 Å². The lowest BCUT2D eigenvalue weighted by molar-refractivity contribution is -0.149. The summed E-state index contributed by atoms with van der Waals surface area (Å²) in [6.07, 6.45) is 2.74. The fourth-order valence-corrected chi connectivity index (χ4v) is 4.00. The summed E-state index contributed by atoms with van der Waals surface area (Å²) in [4.78, 5) is 25.5. The van der Waals surface area contributed by atoms with Crippen LogP contribution in [0.1, 0.15) is 38.7 Å². The molecule has 2 aliphatic rings. The van der Waals surface area contributed by atoms with Crippen molar-refractivity contribution in [3.63, 3.8) is 0 Å². The first-order valence-corrected chi connectivity index (χ1v) is 9.81. The number of aryl methyl sites for hydroxylation is 1. The van der Waals surface area contributed by atoms with Gasteiger partial charge in [0, 0.05) is 44.8 Å². The number of ether oxygens (including phenoxy) is 1. The van der Waals surface area contributed by atoms with Crippen molar-refractivity contribution in [3.8, 4) is 0 Å². The first-order valence-electron chi connectivity index (χ1n) is 9.81. The van der Waals surface area contributed by atoms with Crippen molar-refractivity contribution in [3.05, 3.63) is 29.8 Å². The molecule has 0 bridgehead atoms. The lowest BCUT2D eigenvalue weighted by atomic mass is 9.79. The molecule has 1 unspecified atom stereocenters. The van der Waals surface area contributed by atoms with Gasteiger partial charge in [0.2, 0.25) is 0 Å². The van der Waals surface area contributed by atoms with Crippen LogP contribution < -0.4 is 4.90 Å². The van der Waals surface area contributed by atoms with Crippen LogP contribution in [0.2, 0.25) is 0 Å². The minimum absolute atomic E-state index is 0.0239. The molecule has 2 heterocycles. The Labute approximate surface area is 162 Å². The van der Waals surface area contributed by atoms with E-state index in [1.807, 2.05) is 0 Å². The molecule has 0 amide bonds. The van der Waals surface area contributed by atoms with Gasteiger partial charge in [0.1, 0.15) is 6.10 Å². The summed E-state index contributed by atoms with van der Waals surface area (Å²) in [5.41, 5.74) is 2.38. The molecule has 1 atom stereocenters. The molecule has 2 fully saturated rings. The molecule has 0 radical (unpaired) electrons. The molecule has 1 aromatic carbocycles. The summed E-state index contributed by atoms with van der Waals surface area (Å²) < 4.78 is 5.69. The molecule has 2 aliphatic heterocycles. The van der Waals surface area contributed by atoms with E-state index in [9.17, 15) is 4.79 Å². The van der Waals surface area contributed by atoms with E-state index < -0.39 is 0 Å². The average Bonchev–Trinajstić information content (AvgIpc) is 2.99. The van der Waals surface area contributed by atoms with Crippen molar-refractivity contribution < 1.29 is 19.4 Å². The standard InChI is InChI=1S/C20H30N2O2.CH2O2/c1-4-20(5-2)14-18(24-19(20)23)15-21-10-12-22(13-11-21)17-8-6-16(3)7-9-17;2-1-3/h6-9,18H,4-5,10-15H2,1-3H3;1H,(H,2,3). The Hall–Kier alpha value is -2.08. The van der Waals surface area contributed by atoms with Crippen molar-refractivity contribution in [1.29, 1.82) is 0 Å². The first kappa shape index (κ1) is 21.2. The SMILES string of the molecule is CCC1(CC)CC(CN2CCN(c3ccc(C)cc3)CC2)OC1=O.O=CO. The van der Waals surface area contributed by atoms with Gasteiger partial charge in [-0.25, -0.2) is 0 Å². The van der Waals surface area contributed by atoms with Gasteiger partial charge in [0.15, 0.2) is 0 Å². The quantitative estimate of drug-likeness (QED) is 0.629. The van der Waals surface area contributed by atoms with Crippen LogP contribution in [0.3, 0.4) is 0 Å². The van der Waals surface area contributed by atoms with Crippen molar-refractivity contribution >= 4 is 18.1 Å². The zero-order valence-electron chi connectivity index (χ0n) is 16.7. The Morgan fingerprint density at radius 3 is 2.19 bits per heavy atom. The van der Waals surface area contributed by atoms with Crippen molar-refractivity contribution in [2.45, 2.75) is 46.1 Å². The molecule has 27 heavy (non-hydrogen) atoms. The normalized spacial score (nSPS) is 22.0. The molecule has 3 rings (SSSR count). The van der Waals surface area contributed by atoms with Crippen molar-refractivity contribution in [2.24, 2.45) is 5.41 Å². The number of hydrogen-bond acceptors (Lipinski definition) is 5. The van der Waals surface area contributed by atoms with Gasteiger partial charge in [-0.1, -0.05) is 31.5 Å². The van der Waals surface area contributed by atoms with Gasteiger partial charge in [-0.05, 0) is 31.9 Å². The monoisotopic (exact) mass is 376 g/mol. The van der Waals surface area contributed by atoms with E-state index in [0.29, 0.717) is 0 Å². The number of anilines is 1. The fraction of sp³-hybridized carbons (Fsp3) is 0.619. The second-order valence-corrected chi connectivity index (χ2v) is 7.45. The summed E-state index contributed by atoms with van der Waals surface area (Å²) in [5, 5.41) is 6.89. The Morgan fingerprint density at radius 2 is 1.70 bits per heavy atom. The number of hydrogen-bond donors (Lipinski definition) is 1. The molecule has 150 valence electrons. The summed E-state index contributed by atoms with van der Waals surface area (Å²) in [6.45, 7) is 11.1. The molecule has 1 N–H and O–H groups in total. The highest BCUT2D eigenvalue weighted by molar-refractivity contribution is 5.79. The molecule has 0 saturated carbocycles. The van der Waals surface area contributed by atoms with E-state index in [4.69, 9.17) is 14.6 Å². The number of esters is 1. The van der Waals surface area contributed by atoms with Crippen LogP contribution in [0.25, 0.3) is 0 Å². The zero-order valence-corrected chi connectivity index (χ0v) is 16.7. The summed E-state index contributed by atoms with van der Waals surface area (Å²) >= 11 is 0. The number of piperazine rings is 1. The summed E-state index contributed by atoms with van der Waals surface area (Å²) in [6, 6.07) is 8.77. The highest BCUT2D eigenvalue weighted by Crippen LogP contribution is 2.40. The largest absolute Gasteiger partial charge is 0.483 e. The Bertz CT molecular complexity index is 605. The summed E-state index contributed by atoms with van der Waals surface area (Å²) in [7, 11) is 0. The average molecular weight is 376 g/mol. The van der Waals surface area contributed by atoms with Gasteiger partial charge in [-0.3, -0.25) is 14.5 Å². The van der Waals surface area contributed by atoms with Gasteiger partial charge in [0.25, 0.3) is 6.47 Å². The fourth-order valence-electron chi connectivity index (χ4n) is 4.00. The number of benzene rings is 1. The van der Waals surface area contributed by atoms with Crippen molar-refractivity contribution in [1.82, 2.24) is 4.90 Å². The predicted octanol–water partition coefficient (Wildman–Crippen LogP) is 2.94. The Balaban J connectivity index is 0.000000817. The molecule has 2 saturated heterocycles. The second-order valence-electron chi connectivity index (χ2n) is 7.45. The van der Waals surface area contributed by atoms with Crippen LogP contribution in [0.4, 0.5) is 5.69 Å². The number of carboxylic acid groups (broad SMARTS) is 1. The van der Waals surface area contributed by atoms with Gasteiger partial charge >= 0.3 is 5.97 Å². The topological polar surface area (TPSA) is 70.1 Å². The van der Waals surface area contributed by atoms with Crippen LogP contribution in [-0.4, -0.2) is 61.3 Å². The van der Waals surface area contributed by atoms with Gasteiger partial charge in [-0.15, -0.1) is 0 Å². The van der Waals surface area contributed by atoms with Crippen molar-refractivity contribution in [2.75, 3.05) is 37.6 Å². The van der Waals surface area contributed by atoms with E-state index >= 15 is 0 Å². The molecule has 0 spiro atoms. The van der Waals surface area contributed by atoms with E-state index in [0.717, 1.165) is 52.0 Å². The molecular formula is C21H32N2O4. The second kappa shape index (κ2) is 9.74. The highest BCUT2D eigenvalue weighted by atomic mass is 16.6. The lowest BCUT2D eigenvalue weighted by Crippen LogP contribution is -2.48. The number of carbonyl (C=O) groups is 2. The minimum atomic E-state index is -0.250. The predicted molar refractivity (Wildman–Crippen MR) is 106 cm³/mol. The molecule has 6 nitrogen and oxygen atoms in total. The molecule has 1 aromatic rings. The first-order chi connectivity index (χ1) is 13.0. The Kier molecular flexibility index (Phi) is 7.66. The maximum absolute atomic E-state index is 12.2. The lowest BCUT2D eigenvalue weighted by Gasteiger charge is -2.37. The third kappa shape index (κ3) is 5.22. The smallest absolute Gasteiger partial charge is 0.312 e. The van der Waals surface area contributed by atoms with Gasteiger partial charge in [-0.2, -0.15) is 0 Å². The van der Waals surface area contributed by atoms with E-state index in [1.165, 1.54) is 11.3 Å². The maximum Gasteiger partial charge on any atom is 0.312 e.